The van der Waals surface area contributed by atoms with Crippen LogP contribution in [0.15, 0.2) is 17.0 Å². The summed E-state index contributed by atoms with van der Waals surface area (Å²) in [6.07, 6.45) is 1.59. The highest BCUT2D eigenvalue weighted by atomic mass is 32.2. The van der Waals surface area contributed by atoms with Gasteiger partial charge in [0.25, 0.3) is 0 Å². The number of quaternary nitrogens is 1. The molecule has 0 atom stereocenters. The van der Waals surface area contributed by atoms with E-state index in [0.29, 0.717) is 5.75 Å². The minimum absolute atomic E-state index is 0.00220. The lowest BCUT2D eigenvalue weighted by molar-refractivity contribution is -0.787. The Labute approximate surface area is 146 Å². The van der Waals surface area contributed by atoms with Crippen molar-refractivity contribution in [2.45, 2.75) is 76.4 Å². The molecule has 1 aromatic rings. The van der Waals surface area contributed by atoms with Crippen LogP contribution in [0, 0.1) is 13.8 Å². The van der Waals surface area contributed by atoms with Crippen LogP contribution in [-0.2, 0) is 10.0 Å². The number of piperidine rings is 1. The molecule has 1 aliphatic rings. The maximum atomic E-state index is 13.0. The molecular weight excluding hydrogens is 324 g/mol. The number of aryl methyl sites for hydroxylation is 2. The lowest BCUT2D eigenvalue weighted by Gasteiger charge is -2.43. The Morgan fingerprint density at radius 3 is 2.08 bits per heavy atom. The Bertz CT molecular complexity index is 708. The van der Waals surface area contributed by atoms with Crippen molar-refractivity contribution >= 4 is 10.0 Å². The van der Waals surface area contributed by atoms with Gasteiger partial charge in [-0.25, -0.2) is 13.1 Å². The Morgan fingerprint density at radius 1 is 1.08 bits per heavy atom. The van der Waals surface area contributed by atoms with Gasteiger partial charge in [-0.05, 0) is 64.8 Å². The van der Waals surface area contributed by atoms with Gasteiger partial charge in [0.15, 0.2) is 0 Å². The molecule has 0 bridgehead atoms. The molecule has 0 unspecified atom stereocenters. The molecular formula is C18H31N2O3S+. The molecule has 0 radical (unpaired) electrons. The van der Waals surface area contributed by atoms with Crippen molar-refractivity contribution in [2.75, 3.05) is 7.11 Å². The molecule has 24 heavy (non-hydrogen) atoms. The summed E-state index contributed by atoms with van der Waals surface area (Å²) >= 11 is 0. The van der Waals surface area contributed by atoms with Crippen molar-refractivity contribution in [1.29, 1.82) is 0 Å². The van der Waals surface area contributed by atoms with E-state index in [9.17, 15) is 8.42 Å². The maximum Gasteiger partial charge on any atom is 0.244 e. The Hall–Kier alpha value is -1.11. The summed E-state index contributed by atoms with van der Waals surface area (Å²) in [6.45, 7) is 12.5. The molecule has 0 aromatic heterocycles. The molecule has 1 heterocycles. The largest absolute Gasteiger partial charge is 0.495 e. The molecule has 3 N–H and O–H groups in total. The summed E-state index contributed by atoms with van der Waals surface area (Å²) in [5, 5.41) is 2.33. The summed E-state index contributed by atoms with van der Waals surface area (Å²) in [6, 6.07) is 3.39. The van der Waals surface area contributed by atoms with E-state index in [1.807, 2.05) is 13.8 Å². The summed E-state index contributed by atoms with van der Waals surface area (Å²) in [5.41, 5.74) is 1.96. The van der Waals surface area contributed by atoms with Crippen LogP contribution in [0.4, 0.5) is 0 Å². The van der Waals surface area contributed by atoms with Crippen molar-refractivity contribution < 1.29 is 18.5 Å². The van der Waals surface area contributed by atoms with E-state index in [1.165, 1.54) is 7.11 Å². The van der Waals surface area contributed by atoms with E-state index in [4.69, 9.17) is 4.74 Å². The number of nitrogens with one attached hydrogen (secondary N) is 1. The first kappa shape index (κ1) is 19.2. The Morgan fingerprint density at radius 2 is 1.58 bits per heavy atom. The second-order valence-corrected chi connectivity index (χ2v) is 10.1. The van der Waals surface area contributed by atoms with Crippen LogP contribution in [0.1, 0.15) is 51.7 Å². The van der Waals surface area contributed by atoms with Gasteiger partial charge in [0.05, 0.1) is 18.2 Å². The smallest absolute Gasteiger partial charge is 0.244 e. The molecule has 5 nitrogen and oxygen atoms in total. The molecule has 136 valence electrons. The average molecular weight is 356 g/mol. The van der Waals surface area contributed by atoms with Gasteiger partial charge in [-0.3, -0.25) is 0 Å². The van der Waals surface area contributed by atoms with Crippen molar-refractivity contribution in [1.82, 2.24) is 4.72 Å². The van der Waals surface area contributed by atoms with Crippen LogP contribution in [0.2, 0.25) is 0 Å². The van der Waals surface area contributed by atoms with Gasteiger partial charge in [-0.15, -0.1) is 0 Å². The number of hydrogen-bond donors (Lipinski definition) is 2. The molecule has 1 fully saturated rings. The predicted octanol–water partition coefficient (Wildman–Crippen LogP) is 1.87. The first-order valence-corrected chi connectivity index (χ1v) is 9.88. The lowest BCUT2D eigenvalue weighted by atomic mass is 9.80. The molecule has 1 aliphatic heterocycles. The minimum atomic E-state index is -3.63. The van der Waals surface area contributed by atoms with E-state index in [1.54, 1.807) is 12.1 Å². The Balaban J connectivity index is 2.34. The third-order valence-corrected chi connectivity index (χ3v) is 6.26. The molecule has 0 aliphatic carbocycles. The first-order valence-electron chi connectivity index (χ1n) is 8.40. The van der Waals surface area contributed by atoms with Crippen LogP contribution >= 0.6 is 0 Å². The van der Waals surface area contributed by atoms with Crippen molar-refractivity contribution in [3.8, 4) is 5.75 Å². The molecule has 0 spiro atoms. The van der Waals surface area contributed by atoms with Gasteiger partial charge in [-0.2, -0.15) is 0 Å². The van der Waals surface area contributed by atoms with E-state index >= 15 is 0 Å². The van der Waals surface area contributed by atoms with Crippen LogP contribution < -0.4 is 14.8 Å². The van der Waals surface area contributed by atoms with E-state index in [2.05, 4.69) is 37.7 Å². The third-order valence-electron chi connectivity index (χ3n) is 4.72. The average Bonchev–Trinajstić information content (AvgIpc) is 2.36. The second kappa shape index (κ2) is 6.32. The normalized spacial score (nSPS) is 20.8. The summed E-state index contributed by atoms with van der Waals surface area (Å²) < 4.78 is 34.2. The first-order chi connectivity index (χ1) is 10.9. The summed E-state index contributed by atoms with van der Waals surface area (Å²) in [5.74, 6) is 0.395. The summed E-state index contributed by atoms with van der Waals surface area (Å²) in [7, 11) is -2.13. The zero-order valence-electron chi connectivity index (χ0n) is 15.9. The van der Waals surface area contributed by atoms with E-state index < -0.39 is 10.0 Å². The number of nitrogens with two attached hydrogens (primary N) is 1. The standard InChI is InChI=1S/C18H30N2O3S/c1-12-8-15(23-7)16(9-13(12)2)24(21,22)19-14-10-17(3,4)20-18(5,6)11-14/h8-9,14,19-20H,10-11H2,1-7H3/p+1. The number of methoxy groups -OCH3 is 1. The van der Waals surface area contributed by atoms with Crippen LogP contribution in [0.25, 0.3) is 0 Å². The fraction of sp³-hybridized carbons (Fsp3) is 0.667. The van der Waals surface area contributed by atoms with Crippen molar-refractivity contribution in [3.05, 3.63) is 23.3 Å². The van der Waals surface area contributed by atoms with Crippen molar-refractivity contribution in [3.63, 3.8) is 0 Å². The molecule has 1 aromatic carbocycles. The zero-order chi connectivity index (χ0) is 18.3. The Kier molecular flexibility index (Phi) is 5.06. The monoisotopic (exact) mass is 355 g/mol. The van der Waals surface area contributed by atoms with Crippen LogP contribution in [0.3, 0.4) is 0 Å². The molecule has 0 amide bonds. The number of ether oxygens (including phenoxy) is 1. The quantitative estimate of drug-likeness (QED) is 0.866. The number of benzene rings is 1. The highest BCUT2D eigenvalue weighted by molar-refractivity contribution is 7.89. The third kappa shape index (κ3) is 4.29. The van der Waals surface area contributed by atoms with Gasteiger partial charge >= 0.3 is 0 Å². The zero-order valence-corrected chi connectivity index (χ0v) is 16.7. The lowest BCUT2D eigenvalue weighted by Crippen LogP contribution is -3.06. The van der Waals surface area contributed by atoms with Gasteiger partial charge in [0.2, 0.25) is 10.0 Å². The highest BCUT2D eigenvalue weighted by Gasteiger charge is 2.43. The summed E-state index contributed by atoms with van der Waals surface area (Å²) in [4.78, 5) is 0.221. The topological polar surface area (TPSA) is 72.0 Å². The SMILES string of the molecule is COc1cc(C)c(C)cc1S(=O)(=O)NC1CC(C)(C)[NH2+]C(C)(C)C1. The van der Waals surface area contributed by atoms with Gasteiger partial charge in [0.1, 0.15) is 10.6 Å². The number of sulfonamides is 1. The van der Waals surface area contributed by atoms with E-state index in [-0.39, 0.29) is 22.0 Å². The predicted molar refractivity (Wildman–Crippen MR) is 95.9 cm³/mol. The number of hydrogen-bond acceptors (Lipinski definition) is 3. The maximum absolute atomic E-state index is 13.0. The van der Waals surface area contributed by atoms with Gasteiger partial charge < -0.3 is 10.1 Å². The second-order valence-electron chi connectivity index (χ2n) is 8.44. The highest BCUT2D eigenvalue weighted by Crippen LogP contribution is 2.29. The van der Waals surface area contributed by atoms with Crippen molar-refractivity contribution in [2.24, 2.45) is 0 Å². The van der Waals surface area contributed by atoms with Crippen LogP contribution in [-0.4, -0.2) is 32.6 Å². The fourth-order valence-corrected chi connectivity index (χ4v) is 5.49. The van der Waals surface area contributed by atoms with E-state index in [0.717, 1.165) is 24.0 Å². The molecule has 1 saturated heterocycles. The molecule has 0 saturated carbocycles. The minimum Gasteiger partial charge on any atom is -0.495 e. The van der Waals surface area contributed by atoms with Crippen LogP contribution in [0.5, 0.6) is 5.75 Å². The molecule has 6 heteroatoms. The fourth-order valence-electron chi connectivity index (χ4n) is 4.02. The molecule has 2 rings (SSSR count). The van der Waals surface area contributed by atoms with Gasteiger partial charge in [-0.1, -0.05) is 0 Å². The van der Waals surface area contributed by atoms with Gasteiger partial charge in [0, 0.05) is 18.9 Å². The number of rotatable bonds is 4.